The molecule has 1 aromatic carbocycles. The Labute approximate surface area is 74.0 Å². The van der Waals surface area contributed by atoms with Crippen LogP contribution in [0, 0.1) is 6.01 Å². The van der Waals surface area contributed by atoms with Gasteiger partial charge < -0.3 is 4.42 Å². The molecule has 13 heavy (non-hydrogen) atoms. The van der Waals surface area contributed by atoms with Gasteiger partial charge in [-0.1, -0.05) is 0 Å². The first-order valence-corrected chi connectivity index (χ1v) is 3.87. The molecular weight excluding hydrogens is 171 g/mol. The Kier molecular flexibility index (Phi) is 1.65. The van der Waals surface area contributed by atoms with Crippen LogP contribution in [-0.4, -0.2) is 5.78 Å². The van der Waals surface area contributed by atoms with Crippen molar-refractivity contribution >= 4 is 16.8 Å². The van der Waals surface area contributed by atoms with Crippen molar-refractivity contribution in [2.45, 2.75) is 6.92 Å². The zero-order chi connectivity index (χ0) is 9.42. The maximum Gasteiger partial charge on any atom is 0.278 e. The van der Waals surface area contributed by atoms with E-state index in [0.717, 1.165) is 0 Å². The molecule has 0 unspecified atom stereocenters. The van der Waals surface area contributed by atoms with Crippen LogP contribution >= 0.6 is 0 Å². The molecule has 0 amide bonds. The molecule has 2 aromatic rings. The fourth-order valence-electron chi connectivity index (χ4n) is 1.23. The van der Waals surface area contributed by atoms with Gasteiger partial charge in [0, 0.05) is 17.0 Å². The van der Waals surface area contributed by atoms with Gasteiger partial charge in [-0.15, -0.1) is 0 Å². The molecule has 1 aromatic heterocycles. The summed E-state index contributed by atoms with van der Waals surface area (Å²) in [6.07, 6.45) is 0. The molecule has 0 atom stereocenters. The number of benzene rings is 1. The zero-order valence-corrected chi connectivity index (χ0v) is 7.00. The van der Waals surface area contributed by atoms with Crippen LogP contribution in [0.5, 0.6) is 0 Å². The molecule has 0 N–H and O–H groups in total. The Bertz CT molecular complexity index is 471. The standard InChI is InChI=1S/C10H7FO2/c1-6(12)7-2-3-9-8(4-7)5-10(11)13-9/h2-5H,1H3. The molecular formula is C10H7FO2. The highest BCUT2D eigenvalue weighted by molar-refractivity contribution is 5.97. The van der Waals surface area contributed by atoms with Crippen molar-refractivity contribution in [2.75, 3.05) is 0 Å². The third-order valence-corrected chi connectivity index (χ3v) is 1.89. The van der Waals surface area contributed by atoms with Crippen molar-refractivity contribution < 1.29 is 13.6 Å². The summed E-state index contributed by atoms with van der Waals surface area (Å²) < 4.78 is 17.3. The van der Waals surface area contributed by atoms with Gasteiger partial charge in [0.25, 0.3) is 6.01 Å². The Morgan fingerprint density at radius 1 is 1.38 bits per heavy atom. The van der Waals surface area contributed by atoms with E-state index in [2.05, 4.69) is 0 Å². The van der Waals surface area contributed by atoms with Gasteiger partial charge in [-0.3, -0.25) is 4.79 Å². The van der Waals surface area contributed by atoms with Crippen LogP contribution in [-0.2, 0) is 0 Å². The minimum absolute atomic E-state index is 0.0384. The minimum Gasteiger partial charge on any atom is -0.431 e. The van der Waals surface area contributed by atoms with E-state index in [4.69, 9.17) is 4.42 Å². The summed E-state index contributed by atoms with van der Waals surface area (Å²) in [5.74, 6) is -0.0384. The number of carbonyl (C=O) groups excluding carboxylic acids is 1. The third kappa shape index (κ3) is 1.33. The first kappa shape index (κ1) is 7.98. The summed E-state index contributed by atoms with van der Waals surface area (Å²) in [6, 6.07) is 5.46. The molecule has 0 saturated carbocycles. The lowest BCUT2D eigenvalue weighted by atomic mass is 10.1. The largest absolute Gasteiger partial charge is 0.431 e. The van der Waals surface area contributed by atoms with Crippen molar-refractivity contribution in [3.05, 3.63) is 35.8 Å². The van der Waals surface area contributed by atoms with Crippen LogP contribution in [0.3, 0.4) is 0 Å². The lowest BCUT2D eigenvalue weighted by Crippen LogP contribution is -1.89. The van der Waals surface area contributed by atoms with Crippen LogP contribution in [0.4, 0.5) is 4.39 Å². The fourth-order valence-corrected chi connectivity index (χ4v) is 1.23. The molecule has 0 bridgehead atoms. The Balaban J connectivity index is 2.67. The molecule has 0 spiro atoms. The van der Waals surface area contributed by atoms with E-state index in [1.165, 1.54) is 13.0 Å². The maximum absolute atomic E-state index is 12.6. The topological polar surface area (TPSA) is 30.2 Å². The Morgan fingerprint density at radius 2 is 2.15 bits per heavy atom. The number of hydrogen-bond acceptors (Lipinski definition) is 2. The van der Waals surface area contributed by atoms with Gasteiger partial charge in [0.1, 0.15) is 5.58 Å². The second kappa shape index (κ2) is 2.69. The molecule has 66 valence electrons. The summed E-state index contributed by atoms with van der Waals surface area (Å²) in [7, 11) is 0. The average molecular weight is 178 g/mol. The highest BCUT2D eigenvalue weighted by Crippen LogP contribution is 2.19. The predicted molar refractivity (Wildman–Crippen MR) is 46.2 cm³/mol. The molecule has 2 rings (SSSR count). The van der Waals surface area contributed by atoms with Crippen molar-refractivity contribution in [3.8, 4) is 0 Å². The summed E-state index contributed by atoms with van der Waals surface area (Å²) in [4.78, 5) is 11.0. The number of hydrogen-bond donors (Lipinski definition) is 0. The van der Waals surface area contributed by atoms with Crippen LogP contribution in [0.15, 0.2) is 28.7 Å². The average Bonchev–Trinajstić information content (AvgIpc) is 2.42. The number of furan rings is 1. The molecule has 0 aliphatic rings. The van der Waals surface area contributed by atoms with Gasteiger partial charge in [-0.05, 0) is 25.1 Å². The maximum atomic E-state index is 12.6. The number of Topliss-reactive ketones (excluding diaryl/α,β-unsaturated/α-hetero) is 1. The smallest absolute Gasteiger partial charge is 0.278 e. The monoisotopic (exact) mass is 178 g/mol. The highest BCUT2D eigenvalue weighted by Gasteiger charge is 2.05. The van der Waals surface area contributed by atoms with Gasteiger partial charge in [0.05, 0.1) is 0 Å². The van der Waals surface area contributed by atoms with Crippen molar-refractivity contribution in [3.63, 3.8) is 0 Å². The summed E-state index contributed by atoms with van der Waals surface area (Å²) >= 11 is 0. The van der Waals surface area contributed by atoms with Crippen molar-refractivity contribution in [2.24, 2.45) is 0 Å². The van der Waals surface area contributed by atoms with E-state index in [9.17, 15) is 9.18 Å². The van der Waals surface area contributed by atoms with Gasteiger partial charge >= 0.3 is 0 Å². The molecule has 0 aliphatic heterocycles. The molecule has 0 fully saturated rings. The first-order chi connectivity index (χ1) is 6.16. The zero-order valence-electron chi connectivity index (χ0n) is 7.00. The Hall–Kier alpha value is -1.64. The number of ketones is 1. The number of fused-ring (bicyclic) bond motifs is 1. The molecule has 0 saturated heterocycles. The van der Waals surface area contributed by atoms with Crippen molar-refractivity contribution in [1.82, 2.24) is 0 Å². The van der Waals surface area contributed by atoms with E-state index in [-0.39, 0.29) is 5.78 Å². The van der Waals surface area contributed by atoms with Crippen LogP contribution < -0.4 is 0 Å². The normalized spacial score (nSPS) is 10.6. The second-order valence-electron chi connectivity index (χ2n) is 2.86. The highest BCUT2D eigenvalue weighted by atomic mass is 19.1. The van der Waals surface area contributed by atoms with E-state index in [1.54, 1.807) is 18.2 Å². The quantitative estimate of drug-likeness (QED) is 0.628. The first-order valence-electron chi connectivity index (χ1n) is 3.87. The van der Waals surface area contributed by atoms with E-state index in [0.29, 0.717) is 16.5 Å². The van der Waals surface area contributed by atoms with Gasteiger partial charge in [0.2, 0.25) is 0 Å². The number of carbonyl (C=O) groups is 1. The molecule has 0 radical (unpaired) electrons. The summed E-state index contributed by atoms with van der Waals surface area (Å²) in [5, 5.41) is 0.616. The van der Waals surface area contributed by atoms with Gasteiger partial charge in [-0.25, -0.2) is 0 Å². The lowest BCUT2D eigenvalue weighted by molar-refractivity contribution is 0.101. The third-order valence-electron chi connectivity index (χ3n) is 1.89. The summed E-state index contributed by atoms with van der Waals surface area (Å²) in [6.45, 7) is 1.47. The minimum atomic E-state index is -0.629. The molecule has 1 heterocycles. The second-order valence-corrected chi connectivity index (χ2v) is 2.86. The van der Waals surface area contributed by atoms with Crippen LogP contribution in [0.25, 0.3) is 11.0 Å². The lowest BCUT2D eigenvalue weighted by Gasteiger charge is -1.93. The van der Waals surface area contributed by atoms with Gasteiger partial charge in [-0.2, -0.15) is 4.39 Å². The van der Waals surface area contributed by atoms with Crippen LogP contribution in [0.1, 0.15) is 17.3 Å². The van der Waals surface area contributed by atoms with Crippen molar-refractivity contribution in [1.29, 1.82) is 0 Å². The Morgan fingerprint density at radius 3 is 2.85 bits per heavy atom. The van der Waals surface area contributed by atoms with Crippen LogP contribution in [0.2, 0.25) is 0 Å². The van der Waals surface area contributed by atoms with E-state index >= 15 is 0 Å². The fraction of sp³-hybridized carbons (Fsp3) is 0.100. The number of halogens is 1. The molecule has 2 nitrogen and oxygen atoms in total. The van der Waals surface area contributed by atoms with Gasteiger partial charge in [0.15, 0.2) is 5.78 Å². The van der Waals surface area contributed by atoms with E-state index in [1.807, 2.05) is 0 Å². The molecule has 3 heteroatoms. The SMILES string of the molecule is CC(=O)c1ccc2oc(F)cc2c1. The van der Waals surface area contributed by atoms with E-state index < -0.39 is 6.01 Å². The molecule has 0 aliphatic carbocycles. The summed E-state index contributed by atoms with van der Waals surface area (Å²) in [5.41, 5.74) is 1.02. The predicted octanol–water partition coefficient (Wildman–Crippen LogP) is 2.77. The number of rotatable bonds is 1.